The molecule has 1 aliphatic rings. The Morgan fingerprint density at radius 3 is 2.14 bits per heavy atom. The lowest BCUT2D eigenvalue weighted by Gasteiger charge is -2.40. The maximum absolute atomic E-state index is 13.8. The Balaban J connectivity index is 1.68. The first-order chi connectivity index (χ1) is 17.3. The number of hydrogen-bond acceptors (Lipinski definition) is 6. The molecule has 8 heteroatoms. The lowest BCUT2D eigenvalue weighted by Crippen LogP contribution is -2.55. The van der Waals surface area contributed by atoms with Crippen molar-refractivity contribution >= 4 is 17.8 Å². The van der Waals surface area contributed by atoms with Crippen molar-refractivity contribution < 1.29 is 19.1 Å². The molecular formula is C28H30N4O4. The number of piperazine rings is 1. The van der Waals surface area contributed by atoms with Gasteiger partial charge >= 0.3 is 5.97 Å². The summed E-state index contributed by atoms with van der Waals surface area (Å²) in [6, 6.07) is 18.2. The first-order valence-electron chi connectivity index (χ1n) is 12.0. The van der Waals surface area contributed by atoms with Crippen LogP contribution in [0.1, 0.15) is 63.6 Å². The molecule has 1 saturated heterocycles. The Morgan fingerprint density at radius 2 is 1.56 bits per heavy atom. The average molecular weight is 487 g/mol. The van der Waals surface area contributed by atoms with E-state index in [0.29, 0.717) is 36.7 Å². The van der Waals surface area contributed by atoms with E-state index in [1.165, 1.54) is 7.11 Å². The van der Waals surface area contributed by atoms with Crippen molar-refractivity contribution in [2.24, 2.45) is 0 Å². The predicted octanol–water partition coefficient (Wildman–Crippen LogP) is 4.04. The van der Waals surface area contributed by atoms with Crippen LogP contribution in [-0.2, 0) is 4.74 Å². The second-order valence-electron chi connectivity index (χ2n) is 9.13. The number of carbonyl (C=O) groups is 3. The summed E-state index contributed by atoms with van der Waals surface area (Å²) in [4.78, 5) is 52.3. The molecule has 1 aromatic heterocycles. The van der Waals surface area contributed by atoms with Gasteiger partial charge in [0.1, 0.15) is 11.3 Å². The normalized spacial score (nSPS) is 15.6. The van der Waals surface area contributed by atoms with Crippen LogP contribution >= 0.6 is 0 Å². The maximum Gasteiger partial charge on any atom is 0.342 e. The van der Waals surface area contributed by atoms with Crippen LogP contribution in [0.15, 0.2) is 60.7 Å². The third kappa shape index (κ3) is 4.98. The van der Waals surface area contributed by atoms with Gasteiger partial charge in [-0.25, -0.2) is 14.8 Å². The molecule has 0 aliphatic carbocycles. The van der Waals surface area contributed by atoms with Crippen LogP contribution in [0.4, 0.5) is 0 Å². The number of amides is 2. The van der Waals surface area contributed by atoms with Gasteiger partial charge in [0.2, 0.25) is 0 Å². The summed E-state index contributed by atoms with van der Waals surface area (Å²) in [6.45, 7) is 6.75. The quantitative estimate of drug-likeness (QED) is 0.506. The van der Waals surface area contributed by atoms with E-state index in [-0.39, 0.29) is 35.0 Å². The molecule has 4 rings (SSSR count). The maximum atomic E-state index is 13.8. The van der Waals surface area contributed by atoms with Gasteiger partial charge in [0.15, 0.2) is 5.82 Å². The van der Waals surface area contributed by atoms with E-state index in [1.807, 2.05) is 69.3 Å². The van der Waals surface area contributed by atoms with Gasteiger partial charge in [0.25, 0.3) is 11.8 Å². The van der Waals surface area contributed by atoms with Crippen molar-refractivity contribution in [3.63, 3.8) is 0 Å². The lowest BCUT2D eigenvalue weighted by molar-refractivity contribution is 0.0408. The number of methoxy groups -OCH3 is 1. The van der Waals surface area contributed by atoms with E-state index in [0.717, 1.165) is 5.56 Å². The summed E-state index contributed by atoms with van der Waals surface area (Å²) >= 11 is 0. The van der Waals surface area contributed by atoms with Crippen LogP contribution in [0.2, 0.25) is 0 Å². The molecule has 0 radical (unpaired) electrons. The van der Waals surface area contributed by atoms with E-state index in [4.69, 9.17) is 4.74 Å². The van der Waals surface area contributed by atoms with E-state index >= 15 is 0 Å². The topological polar surface area (TPSA) is 92.7 Å². The average Bonchev–Trinajstić information content (AvgIpc) is 2.92. The minimum atomic E-state index is -0.646. The number of hydrogen-bond donors (Lipinski definition) is 0. The molecule has 1 unspecified atom stereocenters. The molecule has 1 fully saturated rings. The minimum absolute atomic E-state index is 0.0226. The zero-order valence-electron chi connectivity index (χ0n) is 21.0. The standard InChI is InChI=1S/C28H30N4O4/c1-18(2)23-22(28(35)36-4)24(30-25(29-23)20-11-7-5-8-12-20)27(34)31-15-16-32(19(3)17-31)26(33)21-13-9-6-10-14-21/h5-14,18-19H,15-17H2,1-4H3. The van der Waals surface area contributed by atoms with Crippen LogP contribution in [-0.4, -0.2) is 70.3 Å². The monoisotopic (exact) mass is 486 g/mol. The SMILES string of the molecule is COC(=O)c1c(C(=O)N2CCN(C(=O)c3ccccc3)C(C)C2)nc(-c2ccccc2)nc1C(C)C. The van der Waals surface area contributed by atoms with Crippen molar-refractivity contribution in [3.8, 4) is 11.4 Å². The van der Waals surface area contributed by atoms with Crippen molar-refractivity contribution in [2.75, 3.05) is 26.7 Å². The van der Waals surface area contributed by atoms with Crippen LogP contribution in [0.5, 0.6) is 0 Å². The third-order valence-electron chi connectivity index (χ3n) is 6.30. The van der Waals surface area contributed by atoms with Gasteiger partial charge in [-0.05, 0) is 25.0 Å². The highest BCUT2D eigenvalue weighted by Crippen LogP contribution is 2.27. The van der Waals surface area contributed by atoms with Crippen LogP contribution < -0.4 is 0 Å². The second-order valence-corrected chi connectivity index (χ2v) is 9.13. The highest BCUT2D eigenvalue weighted by molar-refractivity contribution is 6.05. The molecule has 0 N–H and O–H groups in total. The number of nitrogens with zero attached hydrogens (tertiary/aromatic N) is 4. The lowest BCUT2D eigenvalue weighted by atomic mass is 10.00. The molecule has 36 heavy (non-hydrogen) atoms. The summed E-state index contributed by atoms with van der Waals surface area (Å²) in [7, 11) is 1.28. The van der Waals surface area contributed by atoms with E-state index in [1.54, 1.807) is 21.9 Å². The Bertz CT molecular complexity index is 1260. The van der Waals surface area contributed by atoms with Gasteiger partial charge in [0, 0.05) is 36.8 Å². The second kappa shape index (κ2) is 10.7. The molecule has 0 spiro atoms. The van der Waals surface area contributed by atoms with Gasteiger partial charge < -0.3 is 14.5 Å². The largest absolute Gasteiger partial charge is 0.465 e. The summed E-state index contributed by atoms with van der Waals surface area (Å²) in [6.07, 6.45) is 0. The molecular weight excluding hydrogens is 456 g/mol. The van der Waals surface area contributed by atoms with Crippen LogP contribution in [0, 0.1) is 0 Å². The van der Waals surface area contributed by atoms with Crippen LogP contribution in [0.3, 0.4) is 0 Å². The minimum Gasteiger partial charge on any atom is -0.465 e. The van der Waals surface area contributed by atoms with Gasteiger partial charge in [-0.3, -0.25) is 9.59 Å². The van der Waals surface area contributed by atoms with Crippen molar-refractivity contribution in [1.82, 2.24) is 19.8 Å². The van der Waals surface area contributed by atoms with Crippen molar-refractivity contribution in [2.45, 2.75) is 32.7 Å². The molecule has 2 amide bonds. The molecule has 3 aromatic rings. The van der Waals surface area contributed by atoms with Gasteiger partial charge in [-0.2, -0.15) is 0 Å². The predicted molar refractivity (Wildman–Crippen MR) is 136 cm³/mol. The van der Waals surface area contributed by atoms with Crippen molar-refractivity contribution in [3.05, 3.63) is 83.2 Å². The summed E-state index contributed by atoms with van der Waals surface area (Å²) in [5.41, 5.74) is 1.94. The zero-order chi connectivity index (χ0) is 25.8. The van der Waals surface area contributed by atoms with Crippen molar-refractivity contribution in [1.29, 1.82) is 0 Å². The summed E-state index contributed by atoms with van der Waals surface area (Å²) in [5.74, 6) is -0.860. The van der Waals surface area contributed by atoms with E-state index in [2.05, 4.69) is 9.97 Å². The zero-order valence-corrected chi connectivity index (χ0v) is 21.0. The fourth-order valence-electron chi connectivity index (χ4n) is 4.41. The third-order valence-corrected chi connectivity index (χ3v) is 6.30. The Labute approximate surface area is 210 Å². The molecule has 8 nitrogen and oxygen atoms in total. The Kier molecular flexibility index (Phi) is 7.43. The summed E-state index contributed by atoms with van der Waals surface area (Å²) < 4.78 is 5.03. The van der Waals surface area contributed by atoms with Gasteiger partial charge in [-0.1, -0.05) is 62.4 Å². The number of aromatic nitrogens is 2. The number of benzene rings is 2. The first kappa shape index (κ1) is 25.0. The Morgan fingerprint density at radius 1 is 0.917 bits per heavy atom. The van der Waals surface area contributed by atoms with Crippen LogP contribution in [0.25, 0.3) is 11.4 Å². The number of rotatable bonds is 5. The molecule has 0 bridgehead atoms. The smallest absolute Gasteiger partial charge is 0.342 e. The fourth-order valence-corrected chi connectivity index (χ4v) is 4.41. The molecule has 1 aliphatic heterocycles. The number of carbonyl (C=O) groups excluding carboxylic acids is 3. The Hall–Kier alpha value is -4.07. The van der Waals surface area contributed by atoms with Gasteiger partial charge in [0.05, 0.1) is 12.8 Å². The van der Waals surface area contributed by atoms with E-state index in [9.17, 15) is 14.4 Å². The highest BCUT2D eigenvalue weighted by atomic mass is 16.5. The molecule has 2 aromatic carbocycles. The number of ether oxygens (including phenoxy) is 1. The van der Waals surface area contributed by atoms with Gasteiger partial charge in [-0.15, -0.1) is 0 Å². The van der Waals surface area contributed by atoms with E-state index < -0.39 is 5.97 Å². The molecule has 0 saturated carbocycles. The highest BCUT2D eigenvalue weighted by Gasteiger charge is 2.35. The molecule has 2 heterocycles. The fraction of sp³-hybridized carbons (Fsp3) is 0.321. The first-order valence-corrected chi connectivity index (χ1v) is 12.0. The number of esters is 1. The molecule has 186 valence electrons. The summed E-state index contributed by atoms with van der Waals surface area (Å²) in [5, 5.41) is 0. The molecule has 1 atom stereocenters.